The van der Waals surface area contributed by atoms with Gasteiger partial charge in [0.25, 0.3) is 0 Å². The number of pyridine rings is 1. The zero-order chi connectivity index (χ0) is 9.97. The first-order chi connectivity index (χ1) is 6.77. The molecule has 0 aliphatic heterocycles. The van der Waals surface area contributed by atoms with Gasteiger partial charge >= 0.3 is 0 Å². The molecular formula is C10H9BrN2O. The Bertz CT molecular complexity index is 439. The maximum atomic E-state index is 5.79. The highest BCUT2D eigenvalue weighted by Crippen LogP contribution is 2.22. The van der Waals surface area contributed by atoms with Crippen molar-refractivity contribution in [2.45, 2.75) is 6.42 Å². The molecule has 0 bridgehead atoms. The van der Waals surface area contributed by atoms with Crippen LogP contribution in [0, 0.1) is 0 Å². The molecule has 14 heavy (non-hydrogen) atoms. The number of nitrogens with two attached hydrogens (primary N) is 1. The summed E-state index contributed by atoms with van der Waals surface area (Å²) < 4.78 is 6.25. The van der Waals surface area contributed by atoms with Crippen molar-refractivity contribution in [2.24, 2.45) is 0 Å². The van der Waals surface area contributed by atoms with Gasteiger partial charge in [-0.25, -0.2) is 0 Å². The molecule has 2 rings (SSSR count). The Morgan fingerprint density at radius 2 is 2.29 bits per heavy atom. The van der Waals surface area contributed by atoms with Gasteiger partial charge in [0, 0.05) is 30.1 Å². The van der Waals surface area contributed by atoms with Crippen molar-refractivity contribution >= 4 is 21.6 Å². The fraction of sp³-hybridized carbons (Fsp3) is 0.100. The lowest BCUT2D eigenvalue weighted by Gasteiger charge is -2.02. The number of anilines is 1. The quantitative estimate of drug-likeness (QED) is 0.894. The average molecular weight is 253 g/mol. The largest absolute Gasteiger partial charge is 0.468 e. The van der Waals surface area contributed by atoms with Crippen molar-refractivity contribution in [1.82, 2.24) is 4.98 Å². The zero-order valence-electron chi connectivity index (χ0n) is 7.40. The first-order valence-electron chi connectivity index (χ1n) is 4.17. The summed E-state index contributed by atoms with van der Waals surface area (Å²) in [5.74, 6) is 0.865. The lowest BCUT2D eigenvalue weighted by Crippen LogP contribution is -1.95. The molecule has 2 aromatic rings. The number of rotatable bonds is 2. The average Bonchev–Trinajstić information content (AvgIpc) is 2.56. The molecule has 0 saturated carbocycles. The van der Waals surface area contributed by atoms with Crippen LogP contribution in [0.2, 0.25) is 0 Å². The molecule has 0 unspecified atom stereocenters. The topological polar surface area (TPSA) is 52.0 Å². The van der Waals surface area contributed by atoms with Gasteiger partial charge < -0.3 is 10.2 Å². The van der Waals surface area contributed by atoms with Gasteiger partial charge in [-0.15, -0.1) is 0 Å². The fourth-order valence-electron chi connectivity index (χ4n) is 1.21. The Morgan fingerprint density at radius 1 is 1.43 bits per heavy atom. The molecule has 2 N–H and O–H groups in total. The summed E-state index contributed by atoms with van der Waals surface area (Å²) in [5, 5.41) is 0. The van der Waals surface area contributed by atoms with E-state index >= 15 is 0 Å². The Balaban J connectivity index is 2.28. The molecule has 0 fully saturated rings. The second-order valence-electron chi connectivity index (χ2n) is 2.94. The van der Waals surface area contributed by atoms with E-state index in [2.05, 4.69) is 20.9 Å². The van der Waals surface area contributed by atoms with Crippen molar-refractivity contribution in [3.05, 3.63) is 46.6 Å². The molecule has 0 amide bonds. The fourth-order valence-corrected chi connectivity index (χ4v) is 1.55. The maximum Gasteiger partial charge on any atom is 0.122 e. The number of hydrogen-bond acceptors (Lipinski definition) is 3. The minimum atomic E-state index is 0.660. The SMILES string of the molecule is Nc1ccncc1Cc1occc1Br. The minimum absolute atomic E-state index is 0.660. The van der Waals surface area contributed by atoms with E-state index in [1.807, 2.05) is 6.07 Å². The Morgan fingerprint density at radius 3 is 2.93 bits per heavy atom. The van der Waals surface area contributed by atoms with Gasteiger partial charge in [-0.2, -0.15) is 0 Å². The second-order valence-corrected chi connectivity index (χ2v) is 3.80. The summed E-state index contributed by atoms with van der Waals surface area (Å²) in [6.07, 6.45) is 5.74. The van der Waals surface area contributed by atoms with Crippen LogP contribution in [-0.2, 0) is 6.42 Å². The second kappa shape index (κ2) is 3.84. The standard InChI is InChI=1S/C10H9BrN2O/c11-8-2-4-14-10(8)5-7-6-13-3-1-9(7)12/h1-4,6H,5H2,(H2,12,13). The molecule has 3 nitrogen and oxygen atoms in total. The van der Waals surface area contributed by atoms with E-state index < -0.39 is 0 Å². The lowest BCUT2D eigenvalue weighted by atomic mass is 10.1. The predicted octanol–water partition coefficient (Wildman–Crippen LogP) is 2.61. The van der Waals surface area contributed by atoms with E-state index in [-0.39, 0.29) is 0 Å². The molecule has 0 aliphatic carbocycles. The van der Waals surface area contributed by atoms with Crippen LogP contribution < -0.4 is 5.73 Å². The van der Waals surface area contributed by atoms with E-state index in [1.165, 1.54) is 0 Å². The third-order valence-corrected chi connectivity index (χ3v) is 2.69. The van der Waals surface area contributed by atoms with Crippen molar-refractivity contribution < 1.29 is 4.42 Å². The number of nitrogen functional groups attached to an aromatic ring is 1. The summed E-state index contributed by atoms with van der Waals surface area (Å²) in [7, 11) is 0. The lowest BCUT2D eigenvalue weighted by molar-refractivity contribution is 0.519. The normalized spacial score (nSPS) is 10.4. The van der Waals surface area contributed by atoms with Crippen LogP contribution >= 0.6 is 15.9 Å². The first kappa shape index (κ1) is 9.27. The molecule has 72 valence electrons. The first-order valence-corrected chi connectivity index (χ1v) is 4.97. The highest BCUT2D eigenvalue weighted by Gasteiger charge is 2.06. The van der Waals surface area contributed by atoms with E-state index in [0.717, 1.165) is 21.5 Å². The molecule has 0 aliphatic rings. The van der Waals surface area contributed by atoms with Gasteiger partial charge in [-0.1, -0.05) is 0 Å². The molecule has 0 radical (unpaired) electrons. The van der Waals surface area contributed by atoms with Crippen LogP contribution in [0.15, 0.2) is 39.7 Å². The van der Waals surface area contributed by atoms with Crippen molar-refractivity contribution in [2.75, 3.05) is 5.73 Å². The molecule has 0 spiro atoms. The van der Waals surface area contributed by atoms with Gasteiger partial charge in [-0.05, 0) is 28.1 Å². The minimum Gasteiger partial charge on any atom is -0.468 e. The van der Waals surface area contributed by atoms with Gasteiger partial charge in [-0.3, -0.25) is 4.98 Å². The summed E-state index contributed by atoms with van der Waals surface area (Å²) in [4.78, 5) is 4.02. The summed E-state index contributed by atoms with van der Waals surface area (Å²) in [6, 6.07) is 3.65. The van der Waals surface area contributed by atoms with Gasteiger partial charge in [0.15, 0.2) is 0 Å². The molecule has 0 aromatic carbocycles. The van der Waals surface area contributed by atoms with Crippen LogP contribution in [0.4, 0.5) is 5.69 Å². The number of furan rings is 1. The van der Waals surface area contributed by atoms with E-state index in [9.17, 15) is 0 Å². The summed E-state index contributed by atoms with van der Waals surface area (Å²) in [6.45, 7) is 0. The van der Waals surface area contributed by atoms with Crippen LogP contribution in [0.1, 0.15) is 11.3 Å². The molecule has 0 saturated heterocycles. The third-order valence-electron chi connectivity index (χ3n) is 1.98. The van der Waals surface area contributed by atoms with Gasteiger partial charge in [0.1, 0.15) is 5.76 Å². The third kappa shape index (κ3) is 1.80. The summed E-state index contributed by atoms with van der Waals surface area (Å²) >= 11 is 3.39. The van der Waals surface area contributed by atoms with Crippen LogP contribution in [0.25, 0.3) is 0 Å². The Hall–Kier alpha value is -1.29. The van der Waals surface area contributed by atoms with Crippen LogP contribution in [0.3, 0.4) is 0 Å². The number of hydrogen-bond donors (Lipinski definition) is 1. The predicted molar refractivity (Wildman–Crippen MR) is 57.9 cm³/mol. The maximum absolute atomic E-state index is 5.79. The monoisotopic (exact) mass is 252 g/mol. The van der Waals surface area contributed by atoms with Crippen molar-refractivity contribution in [3.63, 3.8) is 0 Å². The van der Waals surface area contributed by atoms with Gasteiger partial charge in [0.05, 0.1) is 10.7 Å². The zero-order valence-corrected chi connectivity index (χ0v) is 8.99. The van der Waals surface area contributed by atoms with Gasteiger partial charge in [0.2, 0.25) is 0 Å². The smallest absolute Gasteiger partial charge is 0.122 e. The van der Waals surface area contributed by atoms with Crippen molar-refractivity contribution in [3.8, 4) is 0 Å². The summed E-state index contributed by atoms with van der Waals surface area (Å²) in [5.41, 5.74) is 7.50. The van der Waals surface area contributed by atoms with Crippen LogP contribution in [0.5, 0.6) is 0 Å². The molecular weight excluding hydrogens is 244 g/mol. The number of aromatic nitrogens is 1. The molecule has 2 heterocycles. The van der Waals surface area contributed by atoms with E-state index in [4.69, 9.17) is 10.2 Å². The number of nitrogens with zero attached hydrogens (tertiary/aromatic N) is 1. The molecule has 4 heteroatoms. The highest BCUT2D eigenvalue weighted by molar-refractivity contribution is 9.10. The van der Waals surface area contributed by atoms with Crippen molar-refractivity contribution in [1.29, 1.82) is 0 Å². The van der Waals surface area contributed by atoms with Crippen LogP contribution in [-0.4, -0.2) is 4.98 Å². The molecule has 2 aromatic heterocycles. The number of halogens is 1. The molecule has 0 atom stereocenters. The van der Waals surface area contributed by atoms with E-state index in [1.54, 1.807) is 24.7 Å². The van der Waals surface area contributed by atoms with E-state index in [0.29, 0.717) is 6.42 Å². The highest BCUT2D eigenvalue weighted by atomic mass is 79.9. The Labute approximate surface area is 90.1 Å². The Kier molecular flexibility index (Phi) is 2.54.